The molecule has 3 rings (SSSR count). The number of nitrogens with one attached hydrogen (secondary N) is 1. The molecule has 1 aromatic carbocycles. The van der Waals surface area contributed by atoms with Crippen LogP contribution < -0.4 is 10.7 Å². The zero-order valence-corrected chi connectivity index (χ0v) is 14.3. The molecule has 2 heterocycles. The first kappa shape index (κ1) is 17.7. The highest BCUT2D eigenvalue weighted by Gasteiger charge is 2.17. The Morgan fingerprint density at radius 2 is 2.00 bits per heavy atom. The number of anilines is 1. The van der Waals surface area contributed by atoms with Crippen LogP contribution >= 0.6 is 0 Å². The molecule has 134 valence electrons. The number of amides is 1. The molecule has 0 aliphatic carbocycles. The molecule has 0 radical (unpaired) electrons. The van der Waals surface area contributed by atoms with Crippen molar-refractivity contribution in [1.82, 2.24) is 9.55 Å². The van der Waals surface area contributed by atoms with Crippen molar-refractivity contribution in [1.29, 1.82) is 0 Å². The van der Waals surface area contributed by atoms with Crippen LogP contribution in [0.15, 0.2) is 41.3 Å². The summed E-state index contributed by atoms with van der Waals surface area (Å²) in [5.74, 6) is -2.42. The first-order chi connectivity index (χ1) is 12.4. The smallest absolute Gasteiger partial charge is 0.261 e. The summed E-state index contributed by atoms with van der Waals surface area (Å²) in [7, 11) is 0. The van der Waals surface area contributed by atoms with Crippen LogP contribution in [0.1, 0.15) is 29.4 Å². The number of hydrogen-bond donors (Lipinski definition) is 1. The number of pyridine rings is 2. The second-order valence-corrected chi connectivity index (χ2v) is 5.97. The Morgan fingerprint density at radius 1 is 1.23 bits per heavy atom. The van der Waals surface area contributed by atoms with Crippen molar-refractivity contribution in [3.8, 4) is 0 Å². The van der Waals surface area contributed by atoms with Gasteiger partial charge in [-0.2, -0.15) is 0 Å². The van der Waals surface area contributed by atoms with Gasteiger partial charge in [-0.3, -0.25) is 9.59 Å². The number of carbonyl (C=O) groups is 1. The number of benzene rings is 1. The molecule has 0 unspecified atom stereocenters. The van der Waals surface area contributed by atoms with Crippen molar-refractivity contribution in [2.45, 2.75) is 26.8 Å². The lowest BCUT2D eigenvalue weighted by atomic mass is 10.1. The van der Waals surface area contributed by atoms with Crippen molar-refractivity contribution >= 4 is 22.6 Å². The summed E-state index contributed by atoms with van der Waals surface area (Å²) >= 11 is 0. The molecule has 0 saturated heterocycles. The van der Waals surface area contributed by atoms with Gasteiger partial charge in [0.2, 0.25) is 5.43 Å². The van der Waals surface area contributed by atoms with Crippen molar-refractivity contribution in [3.05, 3.63) is 69.6 Å². The van der Waals surface area contributed by atoms with Crippen LogP contribution in [0.3, 0.4) is 0 Å². The molecule has 0 atom stereocenters. The van der Waals surface area contributed by atoms with E-state index in [4.69, 9.17) is 0 Å². The molecule has 5 nitrogen and oxygen atoms in total. The minimum absolute atomic E-state index is 0.125. The van der Waals surface area contributed by atoms with E-state index in [1.807, 2.05) is 13.8 Å². The average molecular weight is 357 g/mol. The second-order valence-electron chi connectivity index (χ2n) is 5.97. The van der Waals surface area contributed by atoms with Crippen molar-refractivity contribution in [2.75, 3.05) is 5.32 Å². The van der Waals surface area contributed by atoms with E-state index in [9.17, 15) is 18.4 Å². The van der Waals surface area contributed by atoms with Crippen molar-refractivity contribution in [2.24, 2.45) is 0 Å². The molecule has 0 spiro atoms. The average Bonchev–Trinajstić information content (AvgIpc) is 2.59. The topological polar surface area (TPSA) is 64.0 Å². The number of rotatable bonds is 4. The van der Waals surface area contributed by atoms with E-state index in [-0.39, 0.29) is 11.3 Å². The minimum atomic E-state index is -0.912. The summed E-state index contributed by atoms with van der Waals surface area (Å²) in [6, 6.07) is 6.13. The van der Waals surface area contributed by atoms with Crippen LogP contribution in [0.4, 0.5) is 14.5 Å². The molecule has 2 aromatic heterocycles. The van der Waals surface area contributed by atoms with Crippen molar-refractivity contribution in [3.63, 3.8) is 0 Å². The third-order valence-corrected chi connectivity index (χ3v) is 3.95. The molecule has 1 amide bonds. The third kappa shape index (κ3) is 3.33. The van der Waals surface area contributed by atoms with E-state index >= 15 is 0 Å². The highest BCUT2D eigenvalue weighted by Crippen LogP contribution is 2.17. The van der Waals surface area contributed by atoms with Crippen LogP contribution in [0, 0.1) is 18.6 Å². The van der Waals surface area contributed by atoms with Gasteiger partial charge in [-0.05, 0) is 37.6 Å². The Hall–Kier alpha value is -3.09. The molecule has 0 aliphatic rings. The number of fused-ring (bicyclic) bond motifs is 1. The monoisotopic (exact) mass is 357 g/mol. The van der Waals surface area contributed by atoms with Crippen LogP contribution in [-0.4, -0.2) is 15.5 Å². The lowest BCUT2D eigenvalue weighted by Gasteiger charge is -2.13. The maximum atomic E-state index is 13.8. The number of aromatic nitrogens is 2. The van der Waals surface area contributed by atoms with Gasteiger partial charge in [0.05, 0.1) is 11.1 Å². The number of halogens is 2. The van der Waals surface area contributed by atoms with E-state index in [1.165, 1.54) is 6.20 Å². The number of carbonyl (C=O) groups excluding carboxylic acids is 1. The predicted molar refractivity (Wildman–Crippen MR) is 95.3 cm³/mol. The zero-order valence-electron chi connectivity index (χ0n) is 14.3. The van der Waals surface area contributed by atoms with Gasteiger partial charge in [0.25, 0.3) is 5.91 Å². The molecule has 26 heavy (non-hydrogen) atoms. The van der Waals surface area contributed by atoms with Crippen LogP contribution in [-0.2, 0) is 6.54 Å². The lowest BCUT2D eigenvalue weighted by molar-refractivity contribution is 0.102. The summed E-state index contributed by atoms with van der Waals surface area (Å²) in [4.78, 5) is 29.6. The van der Waals surface area contributed by atoms with Crippen molar-refractivity contribution < 1.29 is 13.6 Å². The number of hydrogen-bond acceptors (Lipinski definition) is 3. The maximum Gasteiger partial charge on any atom is 0.261 e. The van der Waals surface area contributed by atoms with Crippen LogP contribution in [0.2, 0.25) is 0 Å². The Kier molecular flexibility index (Phi) is 4.79. The van der Waals surface area contributed by atoms with E-state index in [2.05, 4.69) is 10.3 Å². The van der Waals surface area contributed by atoms with E-state index < -0.39 is 23.0 Å². The van der Waals surface area contributed by atoms with Crippen LogP contribution in [0.5, 0.6) is 0 Å². The quantitative estimate of drug-likeness (QED) is 0.775. The summed E-state index contributed by atoms with van der Waals surface area (Å²) < 4.78 is 28.5. The normalized spacial score (nSPS) is 10.9. The molecular weight excluding hydrogens is 340 g/mol. The largest absolute Gasteiger partial charge is 0.331 e. The number of nitrogens with zero attached hydrogens (tertiary/aromatic N) is 2. The Labute approximate surface area is 148 Å². The lowest BCUT2D eigenvalue weighted by Crippen LogP contribution is -2.24. The standard InChI is InChI=1S/C19H17F2N3O2/c1-3-8-24-10-14(17(25)13-6-4-11(2)22-18(13)24)19(26)23-16-7-5-12(20)9-15(16)21/h4-7,9-10H,3,8H2,1-2H3,(H,23,26). The highest BCUT2D eigenvalue weighted by molar-refractivity contribution is 6.05. The second kappa shape index (κ2) is 7.03. The van der Waals surface area contributed by atoms with Gasteiger partial charge in [0.1, 0.15) is 22.8 Å². The maximum absolute atomic E-state index is 13.8. The van der Waals surface area contributed by atoms with E-state index in [1.54, 1.807) is 16.7 Å². The van der Waals surface area contributed by atoms with Gasteiger partial charge in [-0.15, -0.1) is 0 Å². The van der Waals surface area contributed by atoms with Gasteiger partial charge < -0.3 is 9.88 Å². The molecule has 0 saturated carbocycles. The van der Waals surface area contributed by atoms with Gasteiger partial charge in [0.15, 0.2) is 0 Å². The summed E-state index contributed by atoms with van der Waals surface area (Å²) in [5.41, 5.74) is 0.453. The molecule has 3 aromatic rings. The van der Waals surface area contributed by atoms with Gasteiger partial charge in [-0.25, -0.2) is 13.8 Å². The van der Waals surface area contributed by atoms with Gasteiger partial charge in [-0.1, -0.05) is 6.92 Å². The fourth-order valence-electron chi connectivity index (χ4n) is 2.71. The SMILES string of the molecule is CCCn1cc(C(=O)Nc2ccc(F)cc2F)c(=O)c2ccc(C)nc21. The first-order valence-electron chi connectivity index (χ1n) is 8.18. The molecule has 0 fully saturated rings. The zero-order chi connectivity index (χ0) is 18.8. The molecule has 0 bridgehead atoms. The predicted octanol–water partition coefficient (Wildman–Crippen LogP) is 3.65. The van der Waals surface area contributed by atoms with E-state index in [0.717, 1.165) is 24.2 Å². The summed E-state index contributed by atoms with van der Waals surface area (Å²) in [5, 5.41) is 2.64. The Bertz CT molecular complexity index is 1060. The molecule has 1 N–H and O–H groups in total. The van der Waals surface area contributed by atoms with Gasteiger partial charge >= 0.3 is 0 Å². The van der Waals surface area contributed by atoms with Crippen LogP contribution in [0.25, 0.3) is 11.0 Å². The Balaban J connectivity index is 2.09. The third-order valence-electron chi connectivity index (χ3n) is 3.95. The van der Waals surface area contributed by atoms with E-state index in [0.29, 0.717) is 23.6 Å². The first-order valence-corrected chi connectivity index (χ1v) is 8.18. The summed E-state index contributed by atoms with van der Waals surface area (Å²) in [6.45, 7) is 4.35. The fourth-order valence-corrected chi connectivity index (χ4v) is 2.71. The number of aryl methyl sites for hydroxylation is 2. The molecular formula is C19H17F2N3O2. The highest BCUT2D eigenvalue weighted by atomic mass is 19.1. The Morgan fingerprint density at radius 3 is 2.69 bits per heavy atom. The fraction of sp³-hybridized carbons (Fsp3) is 0.211. The molecule has 0 aliphatic heterocycles. The minimum Gasteiger partial charge on any atom is -0.331 e. The molecule has 7 heteroatoms. The summed E-state index contributed by atoms with van der Waals surface area (Å²) in [6.07, 6.45) is 2.21. The van der Waals surface area contributed by atoms with Gasteiger partial charge in [0, 0.05) is 24.5 Å².